The van der Waals surface area contributed by atoms with Gasteiger partial charge in [0.25, 0.3) is 0 Å². The van der Waals surface area contributed by atoms with E-state index in [1.807, 2.05) is 31.2 Å². The maximum absolute atomic E-state index is 12.2. The topological polar surface area (TPSA) is 55.7 Å². The SMILES string of the molecule is Cc1ccccc1N=Cc1ccc(OS(=O)(=O)c2ccccc2)cc1. The summed E-state index contributed by atoms with van der Waals surface area (Å²) in [5.41, 5.74) is 2.84. The molecule has 0 unspecified atom stereocenters. The fourth-order valence-electron chi connectivity index (χ4n) is 2.22. The molecule has 126 valence electrons. The molecule has 0 fully saturated rings. The first-order valence-electron chi connectivity index (χ1n) is 7.74. The number of aryl methyl sites for hydroxylation is 1. The van der Waals surface area contributed by atoms with Crippen LogP contribution in [-0.2, 0) is 10.1 Å². The van der Waals surface area contributed by atoms with Gasteiger partial charge in [0, 0.05) is 6.21 Å². The van der Waals surface area contributed by atoms with E-state index in [0.717, 1.165) is 16.8 Å². The zero-order valence-electron chi connectivity index (χ0n) is 13.7. The Labute approximate surface area is 147 Å². The van der Waals surface area contributed by atoms with Gasteiger partial charge in [0.15, 0.2) is 0 Å². The van der Waals surface area contributed by atoms with Gasteiger partial charge in [-0.1, -0.05) is 36.4 Å². The average Bonchev–Trinajstić information content (AvgIpc) is 2.63. The molecule has 0 aliphatic rings. The molecule has 0 atom stereocenters. The number of rotatable bonds is 5. The van der Waals surface area contributed by atoms with Gasteiger partial charge in [0.1, 0.15) is 10.6 Å². The smallest absolute Gasteiger partial charge is 0.339 e. The van der Waals surface area contributed by atoms with Crippen LogP contribution in [0.4, 0.5) is 5.69 Å². The van der Waals surface area contributed by atoms with Crippen molar-refractivity contribution >= 4 is 22.0 Å². The van der Waals surface area contributed by atoms with E-state index in [9.17, 15) is 8.42 Å². The molecule has 5 heteroatoms. The van der Waals surface area contributed by atoms with E-state index in [2.05, 4.69) is 4.99 Å². The Balaban J connectivity index is 1.74. The van der Waals surface area contributed by atoms with Gasteiger partial charge in [-0.25, -0.2) is 0 Å². The van der Waals surface area contributed by atoms with Crippen molar-refractivity contribution < 1.29 is 12.6 Å². The fourth-order valence-corrected chi connectivity index (χ4v) is 3.17. The van der Waals surface area contributed by atoms with Crippen molar-refractivity contribution in [3.63, 3.8) is 0 Å². The lowest BCUT2D eigenvalue weighted by Gasteiger charge is -2.07. The molecule has 0 aliphatic carbocycles. The molecule has 25 heavy (non-hydrogen) atoms. The standard InChI is InChI=1S/C20H17NO3S/c1-16-7-5-6-10-20(16)21-15-17-11-13-18(14-12-17)24-25(22,23)19-8-3-2-4-9-19/h2-15H,1H3. The van der Waals surface area contributed by atoms with Gasteiger partial charge in [-0.2, -0.15) is 8.42 Å². The summed E-state index contributed by atoms with van der Waals surface area (Å²) in [6, 6.07) is 22.6. The van der Waals surface area contributed by atoms with E-state index in [1.165, 1.54) is 12.1 Å². The van der Waals surface area contributed by atoms with Crippen molar-refractivity contribution in [3.05, 3.63) is 90.0 Å². The first kappa shape index (κ1) is 16.9. The molecule has 0 amide bonds. The Morgan fingerprint density at radius 3 is 2.16 bits per heavy atom. The average molecular weight is 351 g/mol. The van der Waals surface area contributed by atoms with Crippen LogP contribution in [0.25, 0.3) is 0 Å². The predicted octanol–water partition coefficient (Wildman–Crippen LogP) is 4.51. The molecule has 0 heterocycles. The molecule has 0 spiro atoms. The summed E-state index contributed by atoms with van der Waals surface area (Å²) in [5, 5.41) is 0. The molecular formula is C20H17NO3S. The molecule has 0 saturated heterocycles. The van der Waals surface area contributed by atoms with Crippen LogP contribution in [0.15, 0.2) is 88.8 Å². The fraction of sp³-hybridized carbons (Fsp3) is 0.0500. The first-order valence-corrected chi connectivity index (χ1v) is 9.15. The highest BCUT2D eigenvalue weighted by molar-refractivity contribution is 7.87. The number of aliphatic imine (C=N–C) groups is 1. The predicted molar refractivity (Wildman–Crippen MR) is 99.1 cm³/mol. The van der Waals surface area contributed by atoms with Crippen molar-refractivity contribution in [1.29, 1.82) is 0 Å². The second-order valence-corrected chi connectivity index (χ2v) is 7.01. The largest absolute Gasteiger partial charge is 0.379 e. The highest BCUT2D eigenvalue weighted by atomic mass is 32.2. The maximum Gasteiger partial charge on any atom is 0.339 e. The third-order valence-corrected chi connectivity index (χ3v) is 4.85. The highest BCUT2D eigenvalue weighted by Crippen LogP contribution is 2.20. The molecule has 3 rings (SSSR count). The number of hydrogen-bond donors (Lipinski definition) is 0. The summed E-state index contributed by atoms with van der Waals surface area (Å²) >= 11 is 0. The summed E-state index contributed by atoms with van der Waals surface area (Å²) in [7, 11) is -3.82. The number of hydrogen-bond acceptors (Lipinski definition) is 4. The van der Waals surface area contributed by atoms with Crippen molar-refractivity contribution in [3.8, 4) is 5.75 Å². The van der Waals surface area contributed by atoms with E-state index in [4.69, 9.17) is 4.18 Å². The van der Waals surface area contributed by atoms with Gasteiger partial charge in [-0.15, -0.1) is 0 Å². The Morgan fingerprint density at radius 1 is 0.840 bits per heavy atom. The van der Waals surface area contributed by atoms with Crippen molar-refractivity contribution in [1.82, 2.24) is 0 Å². The Hall–Kier alpha value is -2.92. The third kappa shape index (κ3) is 4.33. The number of para-hydroxylation sites is 1. The van der Waals surface area contributed by atoms with Gasteiger partial charge in [0.2, 0.25) is 0 Å². The summed E-state index contributed by atoms with van der Waals surface area (Å²) in [6.45, 7) is 2.00. The molecular weight excluding hydrogens is 334 g/mol. The number of nitrogens with zero attached hydrogens (tertiary/aromatic N) is 1. The molecule has 3 aromatic carbocycles. The minimum atomic E-state index is -3.82. The summed E-state index contributed by atoms with van der Waals surface area (Å²) in [4.78, 5) is 4.57. The lowest BCUT2D eigenvalue weighted by atomic mass is 10.2. The van der Waals surface area contributed by atoms with Crippen LogP contribution in [-0.4, -0.2) is 14.6 Å². The monoisotopic (exact) mass is 351 g/mol. The zero-order valence-corrected chi connectivity index (χ0v) is 14.5. The lowest BCUT2D eigenvalue weighted by molar-refractivity contribution is 0.486. The Bertz CT molecular complexity index is 979. The number of benzene rings is 3. The van der Waals surface area contributed by atoms with Crippen LogP contribution in [0.3, 0.4) is 0 Å². The molecule has 0 aromatic heterocycles. The second-order valence-electron chi connectivity index (χ2n) is 5.46. The van der Waals surface area contributed by atoms with E-state index in [1.54, 1.807) is 48.7 Å². The molecule has 0 radical (unpaired) electrons. The van der Waals surface area contributed by atoms with Crippen LogP contribution >= 0.6 is 0 Å². The van der Waals surface area contributed by atoms with Gasteiger partial charge < -0.3 is 4.18 Å². The summed E-state index contributed by atoms with van der Waals surface area (Å²) in [5.74, 6) is 0.261. The van der Waals surface area contributed by atoms with Crippen molar-refractivity contribution in [2.24, 2.45) is 4.99 Å². The van der Waals surface area contributed by atoms with Crippen LogP contribution in [0.1, 0.15) is 11.1 Å². The molecule has 0 N–H and O–H groups in total. The van der Waals surface area contributed by atoms with E-state index >= 15 is 0 Å². The molecule has 3 aromatic rings. The van der Waals surface area contributed by atoms with E-state index in [0.29, 0.717) is 0 Å². The van der Waals surface area contributed by atoms with Crippen LogP contribution in [0.5, 0.6) is 5.75 Å². The molecule has 0 saturated carbocycles. The Morgan fingerprint density at radius 2 is 1.48 bits per heavy atom. The quantitative estimate of drug-likeness (QED) is 0.502. The third-order valence-electron chi connectivity index (χ3n) is 3.59. The highest BCUT2D eigenvalue weighted by Gasteiger charge is 2.15. The van der Waals surface area contributed by atoms with Crippen LogP contribution in [0, 0.1) is 6.92 Å². The lowest BCUT2D eigenvalue weighted by Crippen LogP contribution is -2.09. The molecule has 4 nitrogen and oxygen atoms in total. The van der Waals surface area contributed by atoms with Gasteiger partial charge in [-0.3, -0.25) is 4.99 Å². The van der Waals surface area contributed by atoms with Crippen LogP contribution in [0.2, 0.25) is 0 Å². The molecule has 0 bridgehead atoms. The first-order chi connectivity index (χ1) is 12.0. The van der Waals surface area contributed by atoms with Crippen molar-refractivity contribution in [2.45, 2.75) is 11.8 Å². The van der Waals surface area contributed by atoms with Gasteiger partial charge in [0.05, 0.1) is 5.69 Å². The summed E-state index contributed by atoms with van der Waals surface area (Å²) < 4.78 is 29.5. The van der Waals surface area contributed by atoms with E-state index < -0.39 is 10.1 Å². The maximum atomic E-state index is 12.2. The zero-order chi connectivity index (χ0) is 17.7. The normalized spacial score (nSPS) is 11.6. The van der Waals surface area contributed by atoms with E-state index in [-0.39, 0.29) is 10.6 Å². The Kier molecular flexibility index (Phi) is 4.95. The van der Waals surface area contributed by atoms with Crippen LogP contribution < -0.4 is 4.18 Å². The summed E-state index contributed by atoms with van der Waals surface area (Å²) in [6.07, 6.45) is 1.73. The van der Waals surface area contributed by atoms with Gasteiger partial charge >= 0.3 is 10.1 Å². The van der Waals surface area contributed by atoms with Crippen molar-refractivity contribution in [2.75, 3.05) is 0 Å². The second kappa shape index (κ2) is 7.32. The van der Waals surface area contributed by atoms with Gasteiger partial charge in [-0.05, 0) is 60.5 Å². The minimum Gasteiger partial charge on any atom is -0.379 e. The molecule has 0 aliphatic heterocycles. The minimum absolute atomic E-state index is 0.125.